The van der Waals surface area contributed by atoms with E-state index in [-0.39, 0.29) is 23.7 Å². The first kappa shape index (κ1) is 17.5. The fourth-order valence-corrected chi connectivity index (χ4v) is 3.53. The number of ether oxygens (including phenoxy) is 3. The molecule has 2 aliphatic heterocycles. The Morgan fingerprint density at radius 3 is 2.73 bits per heavy atom. The minimum atomic E-state index is -0.486. The molecule has 140 valence electrons. The molecule has 1 saturated carbocycles. The number of amides is 1. The fraction of sp³-hybridized carbons (Fsp3) is 0.600. The van der Waals surface area contributed by atoms with E-state index in [1.807, 2.05) is 18.2 Å². The first-order valence-electron chi connectivity index (χ1n) is 9.50. The smallest absolute Gasteiger partial charge is 0.257 e. The third-order valence-corrected chi connectivity index (χ3v) is 5.22. The van der Waals surface area contributed by atoms with Gasteiger partial charge in [0.1, 0.15) is 18.5 Å². The van der Waals surface area contributed by atoms with Crippen molar-refractivity contribution in [2.75, 3.05) is 32.9 Å². The number of rotatable bonds is 6. The Hall–Kier alpha value is -1.92. The van der Waals surface area contributed by atoms with E-state index < -0.39 is 6.10 Å². The van der Waals surface area contributed by atoms with Crippen LogP contribution >= 0.6 is 0 Å². The summed E-state index contributed by atoms with van der Waals surface area (Å²) in [5.74, 6) is 0.747. The second-order valence-corrected chi connectivity index (χ2v) is 7.23. The highest BCUT2D eigenvalue weighted by molar-refractivity contribution is 5.97. The van der Waals surface area contributed by atoms with Crippen LogP contribution < -0.4 is 4.74 Å². The zero-order valence-electron chi connectivity index (χ0n) is 14.9. The Labute approximate surface area is 153 Å². The first-order valence-corrected chi connectivity index (χ1v) is 9.50. The lowest BCUT2D eigenvalue weighted by molar-refractivity contribution is -0.136. The van der Waals surface area contributed by atoms with Gasteiger partial charge in [0.2, 0.25) is 0 Å². The summed E-state index contributed by atoms with van der Waals surface area (Å²) in [4.78, 5) is 27.0. The van der Waals surface area contributed by atoms with Crippen molar-refractivity contribution >= 4 is 11.7 Å². The molecule has 0 radical (unpaired) electrons. The molecule has 0 aromatic heterocycles. The molecule has 0 bridgehead atoms. The Balaban J connectivity index is 1.42. The van der Waals surface area contributed by atoms with Gasteiger partial charge in [-0.05, 0) is 37.8 Å². The second kappa shape index (κ2) is 7.76. The number of benzene rings is 1. The normalized spacial score (nSPS) is 25.9. The second-order valence-electron chi connectivity index (χ2n) is 7.23. The van der Waals surface area contributed by atoms with Crippen molar-refractivity contribution in [1.29, 1.82) is 0 Å². The van der Waals surface area contributed by atoms with Gasteiger partial charge >= 0.3 is 0 Å². The van der Waals surface area contributed by atoms with E-state index in [1.165, 1.54) is 0 Å². The number of Topliss-reactive ketones (excluding diaryl/α,β-unsaturated/α-hetero) is 1. The zero-order chi connectivity index (χ0) is 17.9. The molecule has 2 heterocycles. The van der Waals surface area contributed by atoms with Crippen molar-refractivity contribution in [2.24, 2.45) is 5.92 Å². The number of nitrogens with zero attached hydrogens (tertiary/aromatic N) is 1. The molecule has 0 N–H and O–H groups in total. The number of carbonyl (C=O) groups is 2. The molecule has 4 rings (SSSR count). The topological polar surface area (TPSA) is 65.1 Å². The minimum absolute atomic E-state index is 0.0992. The average molecular weight is 359 g/mol. The van der Waals surface area contributed by atoms with Gasteiger partial charge in [-0.2, -0.15) is 0 Å². The van der Waals surface area contributed by atoms with Crippen molar-refractivity contribution in [2.45, 2.75) is 37.9 Å². The monoisotopic (exact) mass is 359 g/mol. The maximum atomic E-state index is 13.0. The summed E-state index contributed by atoms with van der Waals surface area (Å²) in [7, 11) is 0. The first-order chi connectivity index (χ1) is 12.7. The Morgan fingerprint density at radius 2 is 1.96 bits per heavy atom. The van der Waals surface area contributed by atoms with Gasteiger partial charge in [-0.1, -0.05) is 12.1 Å². The molecule has 0 unspecified atom stereocenters. The molecule has 26 heavy (non-hydrogen) atoms. The van der Waals surface area contributed by atoms with Crippen LogP contribution in [0.5, 0.6) is 5.75 Å². The van der Waals surface area contributed by atoms with Crippen LogP contribution in [0, 0.1) is 5.92 Å². The van der Waals surface area contributed by atoms with Crippen LogP contribution in [0.4, 0.5) is 0 Å². The average Bonchev–Trinajstić information content (AvgIpc) is 3.41. The summed E-state index contributed by atoms with van der Waals surface area (Å²) in [6.45, 7) is 2.45. The summed E-state index contributed by atoms with van der Waals surface area (Å²) in [5, 5.41) is 0. The van der Waals surface area contributed by atoms with Gasteiger partial charge in [0.05, 0.1) is 24.8 Å². The van der Waals surface area contributed by atoms with Gasteiger partial charge in [-0.3, -0.25) is 9.59 Å². The number of para-hydroxylation sites is 1. The molecular weight excluding hydrogens is 334 g/mol. The molecule has 3 fully saturated rings. The number of hydrogen-bond donors (Lipinski definition) is 0. The Bertz CT molecular complexity index is 666. The molecule has 2 atom stereocenters. The van der Waals surface area contributed by atoms with Crippen LogP contribution in [0.25, 0.3) is 0 Å². The summed E-state index contributed by atoms with van der Waals surface area (Å²) < 4.78 is 17.1. The lowest BCUT2D eigenvalue weighted by Gasteiger charge is -2.32. The third kappa shape index (κ3) is 3.91. The van der Waals surface area contributed by atoms with Gasteiger partial charge in [-0.15, -0.1) is 0 Å². The van der Waals surface area contributed by atoms with Crippen molar-refractivity contribution < 1.29 is 23.8 Å². The van der Waals surface area contributed by atoms with Crippen LogP contribution in [-0.2, 0) is 14.3 Å². The summed E-state index contributed by atoms with van der Waals surface area (Å²) in [6, 6.07) is 7.29. The van der Waals surface area contributed by atoms with E-state index in [2.05, 4.69) is 0 Å². The lowest BCUT2D eigenvalue weighted by Crippen LogP contribution is -2.49. The van der Waals surface area contributed by atoms with E-state index >= 15 is 0 Å². The maximum Gasteiger partial charge on any atom is 0.257 e. The van der Waals surface area contributed by atoms with Crippen LogP contribution in [0.3, 0.4) is 0 Å². The van der Waals surface area contributed by atoms with Gasteiger partial charge in [0.15, 0.2) is 5.78 Å². The highest BCUT2D eigenvalue weighted by Crippen LogP contribution is 2.32. The van der Waals surface area contributed by atoms with E-state index in [4.69, 9.17) is 14.2 Å². The largest absolute Gasteiger partial charge is 0.490 e. The van der Waals surface area contributed by atoms with Crippen LogP contribution in [0.1, 0.15) is 36.0 Å². The molecule has 1 aromatic rings. The summed E-state index contributed by atoms with van der Waals surface area (Å²) >= 11 is 0. The Morgan fingerprint density at radius 1 is 1.12 bits per heavy atom. The van der Waals surface area contributed by atoms with Crippen LogP contribution in [0.15, 0.2) is 24.3 Å². The molecule has 2 saturated heterocycles. The molecular formula is C20H25NO5. The number of hydrogen-bond acceptors (Lipinski definition) is 5. The fourth-order valence-electron chi connectivity index (χ4n) is 3.53. The predicted octanol–water partition coefficient (Wildman–Crippen LogP) is 2.06. The maximum absolute atomic E-state index is 13.0. The third-order valence-electron chi connectivity index (χ3n) is 5.22. The number of morpholine rings is 1. The quantitative estimate of drug-likeness (QED) is 0.778. The van der Waals surface area contributed by atoms with Gasteiger partial charge < -0.3 is 19.1 Å². The molecule has 1 aliphatic carbocycles. The standard InChI is InChI=1S/C20H25NO5/c22-19(14-7-8-14)18-12-21(9-11-25-18)20(23)16-5-1-2-6-17(16)26-13-15-4-3-10-24-15/h1-2,5-6,14-15,18H,3-4,7-13H2/t15-,18-/m1/s1. The van der Waals surface area contributed by atoms with E-state index in [0.717, 1.165) is 32.3 Å². The van der Waals surface area contributed by atoms with Crippen molar-refractivity contribution in [3.8, 4) is 5.75 Å². The molecule has 1 amide bonds. The van der Waals surface area contributed by atoms with Crippen molar-refractivity contribution in [3.05, 3.63) is 29.8 Å². The predicted molar refractivity (Wildman–Crippen MR) is 94.3 cm³/mol. The zero-order valence-corrected chi connectivity index (χ0v) is 14.9. The van der Waals surface area contributed by atoms with E-state index in [9.17, 15) is 9.59 Å². The van der Waals surface area contributed by atoms with Gasteiger partial charge in [0, 0.05) is 19.1 Å². The van der Waals surface area contributed by atoms with E-state index in [0.29, 0.717) is 37.6 Å². The van der Waals surface area contributed by atoms with E-state index in [1.54, 1.807) is 11.0 Å². The van der Waals surface area contributed by atoms with Gasteiger partial charge in [0.25, 0.3) is 5.91 Å². The molecule has 6 nitrogen and oxygen atoms in total. The highest BCUT2D eigenvalue weighted by atomic mass is 16.5. The van der Waals surface area contributed by atoms with Crippen molar-refractivity contribution in [1.82, 2.24) is 4.90 Å². The molecule has 0 spiro atoms. The van der Waals surface area contributed by atoms with Gasteiger partial charge in [-0.25, -0.2) is 0 Å². The summed E-state index contributed by atoms with van der Waals surface area (Å²) in [5.41, 5.74) is 0.532. The lowest BCUT2D eigenvalue weighted by atomic mass is 10.1. The number of ketones is 1. The SMILES string of the molecule is O=C(C1CC1)[C@H]1CN(C(=O)c2ccccc2OC[C@H]2CCCO2)CCO1. The van der Waals surface area contributed by atoms with Crippen molar-refractivity contribution in [3.63, 3.8) is 0 Å². The highest BCUT2D eigenvalue weighted by Gasteiger charge is 2.38. The van der Waals surface area contributed by atoms with Crippen LogP contribution in [-0.4, -0.2) is 61.7 Å². The summed E-state index contributed by atoms with van der Waals surface area (Å²) in [6.07, 6.45) is 3.56. The molecule has 3 aliphatic rings. The Kier molecular flexibility index (Phi) is 5.22. The molecule has 6 heteroatoms. The molecule has 1 aromatic carbocycles. The minimum Gasteiger partial charge on any atom is -0.490 e. The number of carbonyl (C=O) groups excluding carboxylic acids is 2. The van der Waals surface area contributed by atoms with Crippen LogP contribution in [0.2, 0.25) is 0 Å².